The van der Waals surface area contributed by atoms with Gasteiger partial charge in [0.2, 0.25) is 0 Å². The van der Waals surface area contributed by atoms with Crippen molar-refractivity contribution in [2.45, 2.75) is 64.7 Å². The SMILES string of the molecule is C/C(=C\CCCCCCCCCCBr)C(=O)O. The van der Waals surface area contributed by atoms with Crippen molar-refractivity contribution in [3.8, 4) is 0 Å². The molecule has 0 aromatic heterocycles. The van der Waals surface area contributed by atoms with Gasteiger partial charge in [-0.05, 0) is 26.2 Å². The number of carbonyl (C=O) groups is 1. The summed E-state index contributed by atoms with van der Waals surface area (Å²) in [6, 6.07) is 0. The largest absolute Gasteiger partial charge is 0.478 e. The van der Waals surface area contributed by atoms with Gasteiger partial charge in [0.1, 0.15) is 0 Å². The van der Waals surface area contributed by atoms with Gasteiger partial charge in [0.15, 0.2) is 0 Å². The lowest BCUT2D eigenvalue weighted by Gasteiger charge is -2.00. The fourth-order valence-corrected chi connectivity index (χ4v) is 2.10. The van der Waals surface area contributed by atoms with Crippen LogP contribution in [0.3, 0.4) is 0 Å². The average molecular weight is 305 g/mol. The molecule has 0 aliphatic carbocycles. The molecule has 0 atom stereocenters. The monoisotopic (exact) mass is 304 g/mol. The van der Waals surface area contributed by atoms with Gasteiger partial charge in [0.25, 0.3) is 0 Å². The van der Waals surface area contributed by atoms with Gasteiger partial charge >= 0.3 is 5.97 Å². The molecule has 0 radical (unpaired) electrons. The molecular weight excluding hydrogens is 280 g/mol. The summed E-state index contributed by atoms with van der Waals surface area (Å²) < 4.78 is 0. The second kappa shape index (κ2) is 12.2. The smallest absolute Gasteiger partial charge is 0.330 e. The van der Waals surface area contributed by atoms with E-state index in [9.17, 15) is 4.79 Å². The van der Waals surface area contributed by atoms with Crippen molar-refractivity contribution >= 4 is 21.9 Å². The molecule has 2 nitrogen and oxygen atoms in total. The number of aliphatic carboxylic acids is 1. The van der Waals surface area contributed by atoms with Crippen molar-refractivity contribution in [3.63, 3.8) is 0 Å². The van der Waals surface area contributed by atoms with Crippen LogP contribution >= 0.6 is 15.9 Å². The van der Waals surface area contributed by atoms with E-state index in [2.05, 4.69) is 15.9 Å². The Bertz CT molecular complexity index is 224. The molecule has 0 heterocycles. The Hall–Kier alpha value is -0.310. The highest BCUT2D eigenvalue weighted by Crippen LogP contribution is 2.11. The number of hydrogen-bond donors (Lipinski definition) is 1. The third-order valence-corrected chi connectivity index (χ3v) is 3.44. The number of hydrogen-bond acceptors (Lipinski definition) is 1. The summed E-state index contributed by atoms with van der Waals surface area (Å²) in [5, 5.41) is 9.78. The quantitative estimate of drug-likeness (QED) is 0.334. The van der Waals surface area contributed by atoms with Gasteiger partial charge in [-0.15, -0.1) is 0 Å². The van der Waals surface area contributed by atoms with Crippen LogP contribution in [0.25, 0.3) is 0 Å². The maximum absolute atomic E-state index is 10.5. The van der Waals surface area contributed by atoms with Crippen molar-refractivity contribution in [1.82, 2.24) is 0 Å². The first-order valence-electron chi connectivity index (χ1n) is 6.64. The van der Waals surface area contributed by atoms with E-state index in [1.54, 1.807) is 6.92 Å². The van der Waals surface area contributed by atoms with Gasteiger partial charge in [-0.2, -0.15) is 0 Å². The fourth-order valence-electron chi connectivity index (χ4n) is 1.71. The number of rotatable bonds is 11. The summed E-state index contributed by atoms with van der Waals surface area (Å²) in [5.74, 6) is -0.795. The molecule has 0 aliphatic heterocycles. The Kier molecular flexibility index (Phi) is 11.9. The highest BCUT2D eigenvalue weighted by molar-refractivity contribution is 9.09. The molecule has 0 spiro atoms. The zero-order chi connectivity index (χ0) is 12.9. The van der Waals surface area contributed by atoms with Crippen LogP contribution in [0.5, 0.6) is 0 Å². The van der Waals surface area contributed by atoms with Crippen LogP contribution in [0, 0.1) is 0 Å². The van der Waals surface area contributed by atoms with Crippen molar-refractivity contribution in [3.05, 3.63) is 11.6 Å². The Morgan fingerprint density at radius 2 is 1.47 bits per heavy atom. The average Bonchev–Trinajstić information content (AvgIpc) is 2.31. The standard InChI is InChI=1S/C14H25BrO2/c1-13(14(16)17)11-9-7-5-3-2-4-6-8-10-12-15/h11H,2-10,12H2,1H3,(H,16,17)/b13-11+. The van der Waals surface area contributed by atoms with E-state index in [1.807, 2.05) is 6.08 Å². The summed E-state index contributed by atoms with van der Waals surface area (Å²) in [5.41, 5.74) is 0.472. The minimum atomic E-state index is -0.795. The lowest BCUT2D eigenvalue weighted by Crippen LogP contribution is -1.95. The van der Waals surface area contributed by atoms with Gasteiger partial charge < -0.3 is 5.11 Å². The van der Waals surface area contributed by atoms with Crippen LogP contribution < -0.4 is 0 Å². The Labute approximate surface area is 114 Å². The normalized spacial score (nSPS) is 11.8. The predicted octanol–water partition coefficient (Wildman–Crippen LogP) is 4.92. The molecule has 1 N–H and O–H groups in total. The van der Waals surface area contributed by atoms with Crippen LogP contribution in [0.4, 0.5) is 0 Å². The molecule has 3 heteroatoms. The molecule has 0 rings (SSSR count). The van der Waals surface area contributed by atoms with E-state index in [1.165, 1.54) is 44.9 Å². The van der Waals surface area contributed by atoms with E-state index in [0.717, 1.165) is 18.2 Å². The number of carboxylic acids is 1. The Balaban J connectivity index is 3.19. The van der Waals surface area contributed by atoms with Gasteiger partial charge in [-0.25, -0.2) is 4.79 Å². The first-order valence-corrected chi connectivity index (χ1v) is 7.76. The maximum atomic E-state index is 10.5. The van der Waals surface area contributed by atoms with Crippen LogP contribution in [0.1, 0.15) is 64.7 Å². The summed E-state index contributed by atoms with van der Waals surface area (Å²) in [7, 11) is 0. The summed E-state index contributed by atoms with van der Waals surface area (Å²) in [4.78, 5) is 10.5. The van der Waals surface area contributed by atoms with Crippen molar-refractivity contribution < 1.29 is 9.90 Å². The van der Waals surface area contributed by atoms with E-state index < -0.39 is 5.97 Å². The van der Waals surface area contributed by atoms with Crippen LogP contribution in [0.15, 0.2) is 11.6 Å². The molecule has 0 saturated carbocycles. The van der Waals surface area contributed by atoms with E-state index in [4.69, 9.17) is 5.11 Å². The third-order valence-electron chi connectivity index (χ3n) is 2.88. The van der Waals surface area contributed by atoms with Gasteiger partial charge in [-0.3, -0.25) is 0 Å². The summed E-state index contributed by atoms with van der Waals surface area (Å²) >= 11 is 3.44. The molecule has 100 valence electrons. The molecule has 0 aromatic rings. The lowest BCUT2D eigenvalue weighted by molar-refractivity contribution is -0.132. The number of halogens is 1. The third kappa shape index (κ3) is 11.9. The Morgan fingerprint density at radius 1 is 1.00 bits per heavy atom. The zero-order valence-electron chi connectivity index (χ0n) is 10.9. The van der Waals surface area contributed by atoms with Crippen molar-refractivity contribution in [2.24, 2.45) is 0 Å². The number of unbranched alkanes of at least 4 members (excludes halogenated alkanes) is 8. The molecule has 0 unspecified atom stereocenters. The first-order chi connectivity index (χ1) is 8.18. The summed E-state index contributed by atoms with van der Waals surface area (Å²) in [6.45, 7) is 1.66. The molecule has 0 aromatic carbocycles. The number of allylic oxidation sites excluding steroid dienone is 1. The first kappa shape index (κ1) is 16.7. The van der Waals surface area contributed by atoms with E-state index in [0.29, 0.717) is 5.57 Å². The van der Waals surface area contributed by atoms with Crippen molar-refractivity contribution in [2.75, 3.05) is 5.33 Å². The minimum Gasteiger partial charge on any atom is -0.478 e. The molecular formula is C14H25BrO2. The zero-order valence-corrected chi connectivity index (χ0v) is 12.5. The van der Waals surface area contributed by atoms with Crippen LogP contribution in [-0.2, 0) is 4.79 Å². The van der Waals surface area contributed by atoms with E-state index in [-0.39, 0.29) is 0 Å². The summed E-state index contributed by atoms with van der Waals surface area (Å²) in [6.07, 6.45) is 13.0. The van der Waals surface area contributed by atoms with Gasteiger partial charge in [0.05, 0.1) is 0 Å². The van der Waals surface area contributed by atoms with Crippen molar-refractivity contribution in [1.29, 1.82) is 0 Å². The number of alkyl halides is 1. The van der Waals surface area contributed by atoms with E-state index >= 15 is 0 Å². The highest BCUT2D eigenvalue weighted by Gasteiger charge is 1.97. The van der Waals surface area contributed by atoms with Gasteiger partial charge in [0, 0.05) is 10.9 Å². The minimum absolute atomic E-state index is 0.472. The Morgan fingerprint density at radius 3 is 1.94 bits per heavy atom. The second-order valence-corrected chi connectivity index (χ2v) is 5.29. The molecule has 0 aliphatic rings. The van der Waals surface area contributed by atoms with Crippen LogP contribution in [0.2, 0.25) is 0 Å². The van der Waals surface area contributed by atoms with Gasteiger partial charge in [-0.1, -0.05) is 60.5 Å². The molecule has 0 amide bonds. The maximum Gasteiger partial charge on any atom is 0.330 e. The van der Waals surface area contributed by atoms with Crippen LogP contribution in [-0.4, -0.2) is 16.4 Å². The topological polar surface area (TPSA) is 37.3 Å². The second-order valence-electron chi connectivity index (χ2n) is 4.50. The lowest BCUT2D eigenvalue weighted by atomic mass is 10.1. The highest BCUT2D eigenvalue weighted by atomic mass is 79.9. The number of carboxylic acid groups (broad SMARTS) is 1. The molecule has 17 heavy (non-hydrogen) atoms. The predicted molar refractivity (Wildman–Crippen MR) is 76.7 cm³/mol. The molecule has 0 bridgehead atoms. The molecule has 0 saturated heterocycles. The fraction of sp³-hybridized carbons (Fsp3) is 0.786. The molecule has 0 fully saturated rings.